The smallest absolute Gasteiger partial charge is 0.305 e. The van der Waals surface area contributed by atoms with Gasteiger partial charge in [0.1, 0.15) is 5.75 Å². The molecule has 0 radical (unpaired) electrons. The third kappa shape index (κ3) is 7.98. The molecule has 1 atom stereocenters. The Balaban J connectivity index is 1.46. The van der Waals surface area contributed by atoms with Crippen LogP contribution in [0.25, 0.3) is 11.1 Å². The molecule has 0 aliphatic rings. The summed E-state index contributed by atoms with van der Waals surface area (Å²) in [7, 11) is 0. The first-order valence-electron chi connectivity index (χ1n) is 12.7. The van der Waals surface area contributed by atoms with E-state index >= 15 is 0 Å². The number of rotatable bonds is 12. The first kappa shape index (κ1) is 27.0. The van der Waals surface area contributed by atoms with Crippen molar-refractivity contribution in [3.8, 4) is 16.9 Å². The van der Waals surface area contributed by atoms with Crippen LogP contribution in [0.4, 0.5) is 0 Å². The topological polar surface area (TPSA) is 75.6 Å². The van der Waals surface area contributed by atoms with Gasteiger partial charge in [-0.2, -0.15) is 0 Å². The summed E-state index contributed by atoms with van der Waals surface area (Å²) < 4.78 is 6.09. The maximum atomic E-state index is 12.1. The quantitative estimate of drug-likeness (QED) is 0.300. The van der Waals surface area contributed by atoms with Gasteiger partial charge in [-0.25, -0.2) is 0 Å². The highest BCUT2D eigenvalue weighted by molar-refractivity contribution is 5.94. The SMILES string of the molecule is Cc1cc(OCC(C)CCc2ccc(C(=O)NCCC(=O)O)cc2)ccc1-c1ccc(C(C)C)cc1. The molecule has 1 amide bonds. The lowest BCUT2D eigenvalue weighted by molar-refractivity contribution is -0.136. The number of benzene rings is 3. The molecular formula is C31H37NO4. The third-order valence-corrected chi connectivity index (χ3v) is 6.39. The molecule has 0 spiro atoms. The highest BCUT2D eigenvalue weighted by Crippen LogP contribution is 2.28. The van der Waals surface area contributed by atoms with Gasteiger partial charge in [0.05, 0.1) is 13.0 Å². The summed E-state index contributed by atoms with van der Waals surface area (Å²) in [6, 6.07) is 22.6. The van der Waals surface area contributed by atoms with Crippen molar-refractivity contribution < 1.29 is 19.4 Å². The molecule has 0 saturated carbocycles. The first-order chi connectivity index (χ1) is 17.2. The fraction of sp³-hybridized carbons (Fsp3) is 0.355. The van der Waals surface area contributed by atoms with Gasteiger partial charge in [0, 0.05) is 12.1 Å². The normalized spacial score (nSPS) is 11.8. The number of carboxylic acid groups (broad SMARTS) is 1. The van der Waals surface area contributed by atoms with Gasteiger partial charge in [0.25, 0.3) is 5.91 Å². The molecular weight excluding hydrogens is 450 g/mol. The lowest BCUT2D eigenvalue weighted by Gasteiger charge is -2.15. The molecule has 1 unspecified atom stereocenters. The summed E-state index contributed by atoms with van der Waals surface area (Å²) in [5.74, 6) is 0.620. The van der Waals surface area contributed by atoms with Crippen molar-refractivity contribution in [2.75, 3.05) is 13.2 Å². The van der Waals surface area contributed by atoms with Gasteiger partial charge in [-0.05, 0) is 83.7 Å². The highest BCUT2D eigenvalue weighted by Gasteiger charge is 2.09. The Morgan fingerprint density at radius 1 is 0.944 bits per heavy atom. The van der Waals surface area contributed by atoms with Crippen LogP contribution < -0.4 is 10.1 Å². The van der Waals surface area contributed by atoms with Crippen LogP contribution in [-0.2, 0) is 11.2 Å². The van der Waals surface area contributed by atoms with Crippen molar-refractivity contribution in [3.63, 3.8) is 0 Å². The second kappa shape index (κ2) is 12.9. The van der Waals surface area contributed by atoms with E-state index in [1.165, 1.54) is 22.3 Å². The minimum atomic E-state index is -0.928. The van der Waals surface area contributed by atoms with Gasteiger partial charge in [-0.3, -0.25) is 9.59 Å². The van der Waals surface area contributed by atoms with E-state index in [-0.39, 0.29) is 18.9 Å². The van der Waals surface area contributed by atoms with Crippen LogP contribution in [0.3, 0.4) is 0 Å². The molecule has 0 bridgehead atoms. The van der Waals surface area contributed by atoms with Crippen molar-refractivity contribution in [1.29, 1.82) is 0 Å². The lowest BCUT2D eigenvalue weighted by atomic mass is 9.96. The fourth-order valence-corrected chi connectivity index (χ4v) is 4.04. The van der Waals surface area contributed by atoms with Gasteiger partial charge in [0.15, 0.2) is 0 Å². The van der Waals surface area contributed by atoms with E-state index < -0.39 is 5.97 Å². The Labute approximate surface area is 214 Å². The standard InChI is InChI=1S/C31H37NO4/c1-21(2)25-11-13-26(14-12-25)29-16-15-28(19-23(29)4)36-20-22(3)5-6-24-7-9-27(10-8-24)31(35)32-18-17-30(33)34/h7-16,19,21-22H,5-6,17-18,20H2,1-4H3,(H,32,35)(H,33,34). The molecule has 5 heteroatoms. The van der Waals surface area contributed by atoms with Crippen molar-refractivity contribution in [2.24, 2.45) is 5.92 Å². The molecule has 0 heterocycles. The average Bonchev–Trinajstić information content (AvgIpc) is 2.86. The highest BCUT2D eigenvalue weighted by atomic mass is 16.5. The van der Waals surface area contributed by atoms with Gasteiger partial charge in [-0.1, -0.05) is 63.2 Å². The maximum absolute atomic E-state index is 12.1. The molecule has 3 aromatic rings. The lowest BCUT2D eigenvalue weighted by Crippen LogP contribution is -2.25. The molecule has 3 aromatic carbocycles. The van der Waals surface area contributed by atoms with Crippen LogP contribution in [-0.4, -0.2) is 30.1 Å². The van der Waals surface area contributed by atoms with Crippen molar-refractivity contribution >= 4 is 11.9 Å². The number of nitrogens with one attached hydrogen (secondary N) is 1. The molecule has 36 heavy (non-hydrogen) atoms. The number of amides is 1. The molecule has 5 nitrogen and oxygen atoms in total. The summed E-state index contributed by atoms with van der Waals surface area (Å²) in [5, 5.41) is 11.3. The van der Waals surface area contributed by atoms with E-state index in [2.05, 4.69) is 69.4 Å². The predicted molar refractivity (Wildman–Crippen MR) is 145 cm³/mol. The summed E-state index contributed by atoms with van der Waals surface area (Å²) >= 11 is 0. The van der Waals surface area contributed by atoms with Gasteiger partial charge in [-0.15, -0.1) is 0 Å². The van der Waals surface area contributed by atoms with Gasteiger partial charge >= 0.3 is 5.97 Å². The van der Waals surface area contributed by atoms with Gasteiger partial charge in [0.2, 0.25) is 0 Å². The van der Waals surface area contributed by atoms with E-state index in [4.69, 9.17) is 9.84 Å². The summed E-state index contributed by atoms with van der Waals surface area (Å²) in [5.41, 5.74) is 6.69. The Hall–Kier alpha value is -3.60. The van der Waals surface area contributed by atoms with Crippen LogP contribution in [0, 0.1) is 12.8 Å². The average molecular weight is 488 g/mol. The van der Waals surface area contributed by atoms with Crippen LogP contribution >= 0.6 is 0 Å². The summed E-state index contributed by atoms with van der Waals surface area (Å²) in [6.45, 7) is 9.49. The second-order valence-corrected chi connectivity index (χ2v) is 9.80. The van der Waals surface area contributed by atoms with E-state index in [0.29, 0.717) is 24.0 Å². The Morgan fingerprint density at radius 3 is 2.25 bits per heavy atom. The summed E-state index contributed by atoms with van der Waals surface area (Å²) in [6.07, 6.45) is 1.79. The van der Waals surface area contributed by atoms with Crippen LogP contribution in [0.15, 0.2) is 66.7 Å². The molecule has 0 fully saturated rings. The predicted octanol–water partition coefficient (Wildman–Crippen LogP) is 6.64. The fourth-order valence-electron chi connectivity index (χ4n) is 4.04. The van der Waals surface area contributed by atoms with Crippen molar-refractivity contribution in [2.45, 2.75) is 52.9 Å². The molecule has 190 valence electrons. The molecule has 0 saturated heterocycles. The zero-order chi connectivity index (χ0) is 26.1. The molecule has 3 rings (SSSR count). The van der Waals surface area contributed by atoms with Crippen LogP contribution in [0.1, 0.15) is 66.6 Å². The molecule has 0 aliphatic heterocycles. The minimum Gasteiger partial charge on any atom is -0.493 e. The zero-order valence-corrected chi connectivity index (χ0v) is 21.7. The number of hydrogen-bond donors (Lipinski definition) is 2. The summed E-state index contributed by atoms with van der Waals surface area (Å²) in [4.78, 5) is 22.6. The number of carbonyl (C=O) groups is 2. The number of hydrogen-bond acceptors (Lipinski definition) is 3. The van der Waals surface area contributed by atoms with Gasteiger partial charge < -0.3 is 15.2 Å². The van der Waals surface area contributed by atoms with Crippen molar-refractivity contribution in [1.82, 2.24) is 5.32 Å². The molecule has 0 aromatic heterocycles. The van der Waals surface area contributed by atoms with E-state index in [1.807, 2.05) is 18.2 Å². The number of aryl methyl sites for hydroxylation is 2. The largest absolute Gasteiger partial charge is 0.493 e. The zero-order valence-electron chi connectivity index (χ0n) is 21.7. The number of carboxylic acids is 1. The van der Waals surface area contributed by atoms with E-state index in [9.17, 15) is 9.59 Å². The first-order valence-corrected chi connectivity index (χ1v) is 12.7. The third-order valence-electron chi connectivity index (χ3n) is 6.39. The van der Waals surface area contributed by atoms with Crippen LogP contribution in [0.2, 0.25) is 0 Å². The molecule has 2 N–H and O–H groups in total. The van der Waals surface area contributed by atoms with E-state index in [0.717, 1.165) is 24.2 Å². The maximum Gasteiger partial charge on any atom is 0.305 e. The number of carbonyl (C=O) groups excluding carboxylic acids is 1. The Kier molecular flexibility index (Phi) is 9.69. The second-order valence-electron chi connectivity index (χ2n) is 9.80. The van der Waals surface area contributed by atoms with Crippen molar-refractivity contribution in [3.05, 3.63) is 89.0 Å². The number of ether oxygens (including phenoxy) is 1. The van der Waals surface area contributed by atoms with E-state index in [1.54, 1.807) is 12.1 Å². The monoisotopic (exact) mass is 487 g/mol. The minimum absolute atomic E-state index is 0.0836. The van der Waals surface area contributed by atoms with Crippen LogP contribution in [0.5, 0.6) is 5.75 Å². The molecule has 0 aliphatic carbocycles. The Bertz CT molecular complexity index is 1150. The number of aliphatic carboxylic acids is 1. The Morgan fingerprint density at radius 2 is 1.64 bits per heavy atom.